The number of benzene rings is 2. The molecule has 3 rings (SSSR count). The number of halogens is 2. The number of imidazole rings is 1. The third kappa shape index (κ3) is 3.87. The number of Topliss-reactive ketones (excluding diaryl/α,β-unsaturated/α-hetero) is 1. The average Bonchev–Trinajstić information content (AvgIpc) is 2.87. The molecule has 2 aromatic carbocycles. The van der Waals surface area contributed by atoms with Gasteiger partial charge in [-0.3, -0.25) is 10.2 Å². The molecule has 0 spiro atoms. The number of carbonyl (C=O) groups excluding carboxylic acids is 1. The molecule has 4 nitrogen and oxygen atoms in total. The molecule has 0 aliphatic rings. The van der Waals surface area contributed by atoms with Gasteiger partial charge in [0, 0.05) is 23.2 Å². The van der Waals surface area contributed by atoms with E-state index >= 15 is 0 Å². The molecule has 0 aliphatic heterocycles. The maximum absolute atomic E-state index is 12.8. The van der Waals surface area contributed by atoms with Crippen LogP contribution in [0.3, 0.4) is 0 Å². The van der Waals surface area contributed by atoms with Gasteiger partial charge in [-0.2, -0.15) is 0 Å². The highest BCUT2D eigenvalue weighted by atomic mass is 35.5. The first kappa shape index (κ1) is 19.5. The van der Waals surface area contributed by atoms with Crippen molar-refractivity contribution in [3.05, 3.63) is 69.3 Å². The topological polar surface area (TPSA) is 50.8 Å². The number of rotatable bonds is 6. The Morgan fingerprint density at radius 3 is 2.70 bits per heavy atom. The van der Waals surface area contributed by atoms with Gasteiger partial charge in [0.2, 0.25) is 5.62 Å². The highest BCUT2D eigenvalue weighted by Crippen LogP contribution is 2.23. The van der Waals surface area contributed by atoms with Gasteiger partial charge in [0.25, 0.3) is 0 Å². The zero-order chi connectivity index (χ0) is 19.6. The fourth-order valence-electron chi connectivity index (χ4n) is 3.15. The van der Waals surface area contributed by atoms with Crippen molar-refractivity contribution in [2.45, 2.75) is 26.3 Å². The summed E-state index contributed by atoms with van der Waals surface area (Å²) in [7, 11) is 1.85. The Morgan fingerprint density at radius 2 is 2.00 bits per heavy atom. The number of carbonyl (C=O) groups is 1. The van der Waals surface area contributed by atoms with E-state index in [9.17, 15) is 4.79 Å². The van der Waals surface area contributed by atoms with Crippen LogP contribution in [-0.4, -0.2) is 14.9 Å². The minimum absolute atomic E-state index is 0.0413. The standard InChI is InChI=1S/C21H21Cl2N3O/c1-3-4-5-7-14-8-6-9-18-20(14)25(2)21(24)26(18)13-19(27)16-11-10-15(22)12-17(16)23/h5-12,24H,3-4,13H2,1-2H3/b7-5+,24-21?. The third-order valence-corrected chi connectivity index (χ3v) is 5.08. The molecule has 3 aromatic rings. The minimum Gasteiger partial charge on any atom is -0.313 e. The van der Waals surface area contributed by atoms with Crippen LogP contribution in [-0.2, 0) is 13.6 Å². The number of fused-ring (bicyclic) bond motifs is 1. The lowest BCUT2D eigenvalue weighted by molar-refractivity contribution is 0.0971. The van der Waals surface area contributed by atoms with Gasteiger partial charge < -0.3 is 9.13 Å². The number of nitrogens with zero attached hydrogens (tertiary/aromatic N) is 2. The van der Waals surface area contributed by atoms with Crippen molar-refractivity contribution >= 4 is 46.1 Å². The van der Waals surface area contributed by atoms with Crippen LogP contribution in [0.5, 0.6) is 0 Å². The summed E-state index contributed by atoms with van der Waals surface area (Å²) in [6.45, 7) is 2.18. The molecule has 1 heterocycles. The predicted octanol–water partition coefficient (Wildman–Crippen LogP) is 5.46. The average molecular weight is 402 g/mol. The molecule has 0 aliphatic carbocycles. The summed E-state index contributed by atoms with van der Waals surface area (Å²) >= 11 is 12.1. The molecular formula is C21H21Cl2N3O. The highest BCUT2D eigenvalue weighted by Gasteiger charge is 2.16. The number of allylic oxidation sites excluding steroid dienone is 1. The van der Waals surface area contributed by atoms with Crippen LogP contribution in [0, 0.1) is 5.41 Å². The molecule has 0 radical (unpaired) electrons. The number of aryl methyl sites for hydroxylation is 1. The number of unbranched alkanes of at least 4 members (excludes halogenated alkanes) is 1. The maximum Gasteiger partial charge on any atom is 0.203 e. The quantitative estimate of drug-likeness (QED) is 0.547. The van der Waals surface area contributed by atoms with Crippen LogP contribution in [0.15, 0.2) is 42.5 Å². The van der Waals surface area contributed by atoms with Gasteiger partial charge in [-0.05, 0) is 30.7 Å². The molecule has 0 bridgehead atoms. The molecule has 140 valence electrons. The summed E-state index contributed by atoms with van der Waals surface area (Å²) in [6.07, 6.45) is 6.30. The van der Waals surface area contributed by atoms with Crippen molar-refractivity contribution in [1.29, 1.82) is 5.41 Å². The molecule has 0 fully saturated rings. The highest BCUT2D eigenvalue weighted by molar-refractivity contribution is 6.36. The molecule has 0 amide bonds. The summed E-state index contributed by atoms with van der Waals surface area (Å²) in [4.78, 5) is 12.8. The Labute approximate surface area is 168 Å². The van der Waals surface area contributed by atoms with Crippen LogP contribution >= 0.6 is 23.2 Å². The van der Waals surface area contributed by atoms with E-state index in [0.717, 1.165) is 29.4 Å². The molecule has 1 aromatic heterocycles. The molecule has 0 saturated heterocycles. The van der Waals surface area contributed by atoms with Gasteiger partial charge in [0.1, 0.15) is 0 Å². The summed E-state index contributed by atoms with van der Waals surface area (Å²) in [6, 6.07) is 10.7. The Kier molecular flexibility index (Phi) is 5.88. The van der Waals surface area contributed by atoms with E-state index in [2.05, 4.69) is 19.1 Å². The van der Waals surface area contributed by atoms with Crippen molar-refractivity contribution in [1.82, 2.24) is 9.13 Å². The monoisotopic (exact) mass is 401 g/mol. The van der Waals surface area contributed by atoms with Crippen molar-refractivity contribution in [3.8, 4) is 0 Å². The molecule has 0 saturated carbocycles. The minimum atomic E-state index is -0.158. The van der Waals surface area contributed by atoms with Crippen molar-refractivity contribution in [3.63, 3.8) is 0 Å². The normalized spacial score (nSPS) is 11.6. The van der Waals surface area contributed by atoms with E-state index in [4.69, 9.17) is 28.6 Å². The van der Waals surface area contributed by atoms with E-state index in [1.54, 1.807) is 27.3 Å². The summed E-state index contributed by atoms with van der Waals surface area (Å²) < 4.78 is 3.51. The van der Waals surface area contributed by atoms with E-state index in [1.165, 1.54) is 0 Å². The molecule has 0 atom stereocenters. The molecule has 27 heavy (non-hydrogen) atoms. The van der Waals surface area contributed by atoms with Crippen molar-refractivity contribution in [2.24, 2.45) is 7.05 Å². The smallest absolute Gasteiger partial charge is 0.203 e. The lowest BCUT2D eigenvalue weighted by atomic mass is 10.1. The van der Waals surface area contributed by atoms with Crippen LogP contribution < -0.4 is 5.62 Å². The number of hydrogen-bond donors (Lipinski definition) is 1. The first-order valence-corrected chi connectivity index (χ1v) is 9.57. The first-order chi connectivity index (χ1) is 12.9. The molecule has 6 heteroatoms. The van der Waals surface area contributed by atoms with Crippen LogP contribution in [0.2, 0.25) is 10.0 Å². The zero-order valence-corrected chi connectivity index (χ0v) is 16.8. The number of hydrogen-bond acceptors (Lipinski definition) is 2. The lowest BCUT2D eigenvalue weighted by Gasteiger charge is -2.06. The summed E-state index contributed by atoms with van der Waals surface area (Å²) in [5, 5.41) is 9.28. The third-order valence-electron chi connectivity index (χ3n) is 4.53. The summed E-state index contributed by atoms with van der Waals surface area (Å²) in [5.41, 5.74) is 3.49. The predicted molar refractivity (Wildman–Crippen MR) is 111 cm³/mol. The number of aromatic nitrogens is 2. The second-order valence-corrected chi connectivity index (χ2v) is 7.27. The number of ketones is 1. The fraction of sp³-hybridized carbons (Fsp3) is 0.238. The van der Waals surface area contributed by atoms with E-state index in [-0.39, 0.29) is 17.9 Å². The fourth-order valence-corrected chi connectivity index (χ4v) is 3.66. The van der Waals surface area contributed by atoms with Gasteiger partial charge in [0.05, 0.1) is 22.6 Å². The zero-order valence-electron chi connectivity index (χ0n) is 15.3. The van der Waals surface area contributed by atoms with E-state index in [0.29, 0.717) is 15.6 Å². The molecular weight excluding hydrogens is 381 g/mol. The Balaban J connectivity index is 2.05. The van der Waals surface area contributed by atoms with Crippen molar-refractivity contribution < 1.29 is 4.79 Å². The van der Waals surface area contributed by atoms with Crippen molar-refractivity contribution in [2.75, 3.05) is 0 Å². The van der Waals surface area contributed by atoms with Gasteiger partial charge in [-0.15, -0.1) is 0 Å². The first-order valence-electron chi connectivity index (χ1n) is 8.81. The molecule has 1 N–H and O–H groups in total. The second-order valence-electron chi connectivity index (χ2n) is 6.42. The lowest BCUT2D eigenvalue weighted by Crippen LogP contribution is -2.26. The Hall–Kier alpha value is -2.30. The summed E-state index contributed by atoms with van der Waals surface area (Å²) in [5.74, 6) is -0.158. The van der Waals surface area contributed by atoms with Crippen LogP contribution in [0.4, 0.5) is 0 Å². The largest absolute Gasteiger partial charge is 0.313 e. The van der Waals surface area contributed by atoms with E-state index < -0.39 is 0 Å². The van der Waals surface area contributed by atoms with Gasteiger partial charge >= 0.3 is 0 Å². The SMILES string of the molecule is CCC/C=C/c1cccc2c1n(C)c(=N)n2CC(=O)c1ccc(Cl)cc1Cl. The number of para-hydroxylation sites is 1. The van der Waals surface area contributed by atoms with Crippen LogP contribution in [0.1, 0.15) is 35.7 Å². The number of nitrogens with one attached hydrogen (secondary N) is 1. The Morgan fingerprint density at radius 1 is 1.22 bits per heavy atom. The van der Waals surface area contributed by atoms with Gasteiger partial charge in [-0.1, -0.05) is 60.8 Å². The Bertz CT molecular complexity index is 1090. The van der Waals surface area contributed by atoms with E-state index in [1.807, 2.05) is 25.2 Å². The molecule has 0 unspecified atom stereocenters. The maximum atomic E-state index is 12.8. The van der Waals surface area contributed by atoms with Gasteiger partial charge in [0.15, 0.2) is 5.78 Å². The second kappa shape index (κ2) is 8.15. The van der Waals surface area contributed by atoms with Crippen LogP contribution in [0.25, 0.3) is 17.1 Å². The van der Waals surface area contributed by atoms with Gasteiger partial charge in [-0.25, -0.2) is 0 Å².